The molecule has 138 valence electrons. The van der Waals surface area contributed by atoms with Crippen LogP contribution in [0, 0.1) is 0 Å². The van der Waals surface area contributed by atoms with Gasteiger partial charge in [0.25, 0.3) is 0 Å². The number of carbonyl (C=O) groups is 1. The maximum atomic E-state index is 12.6. The molecular formula is C19H18F3NO3. The summed E-state index contributed by atoms with van der Waals surface area (Å²) < 4.78 is 43.5. The molecule has 26 heavy (non-hydrogen) atoms. The van der Waals surface area contributed by atoms with Gasteiger partial charge in [0.2, 0.25) is 5.91 Å². The first-order valence-electron chi connectivity index (χ1n) is 8.22. The summed E-state index contributed by atoms with van der Waals surface area (Å²) in [4.78, 5) is 13.6. The number of nitrogens with zero attached hydrogens (tertiary/aromatic N) is 1. The van der Waals surface area contributed by atoms with Crippen molar-refractivity contribution in [3.05, 3.63) is 59.2 Å². The third-order valence-corrected chi connectivity index (χ3v) is 4.29. The Balaban J connectivity index is 1.73. The van der Waals surface area contributed by atoms with Crippen LogP contribution >= 0.6 is 0 Å². The fourth-order valence-corrected chi connectivity index (χ4v) is 2.91. The molecule has 0 fully saturated rings. The fraction of sp³-hybridized carbons (Fsp3) is 0.316. The first kappa shape index (κ1) is 18.3. The smallest absolute Gasteiger partial charge is 0.416 e. The van der Waals surface area contributed by atoms with Gasteiger partial charge in [0, 0.05) is 19.5 Å². The molecule has 0 atom stereocenters. The molecule has 0 spiro atoms. The predicted octanol–water partition coefficient (Wildman–Crippen LogP) is 3.76. The van der Waals surface area contributed by atoms with E-state index in [4.69, 9.17) is 9.84 Å². The van der Waals surface area contributed by atoms with Crippen LogP contribution in [-0.4, -0.2) is 29.1 Å². The van der Waals surface area contributed by atoms with Crippen LogP contribution in [0.15, 0.2) is 42.5 Å². The second-order valence-corrected chi connectivity index (χ2v) is 6.09. The van der Waals surface area contributed by atoms with E-state index in [0.29, 0.717) is 31.0 Å². The molecule has 2 aromatic carbocycles. The molecule has 0 bridgehead atoms. The summed E-state index contributed by atoms with van der Waals surface area (Å²) in [7, 11) is 0. The molecular weight excluding hydrogens is 347 g/mol. The lowest BCUT2D eigenvalue weighted by Crippen LogP contribution is -2.36. The Hall–Kier alpha value is -2.54. The standard InChI is InChI=1S/C19H18F3NO3/c20-19(21,22)15-2-5-16(6-3-15)26-17-4-1-13-7-9-23(12-14(13)11-17)18(25)8-10-24/h1-6,11,24H,7-10,12H2. The van der Waals surface area contributed by atoms with E-state index in [9.17, 15) is 18.0 Å². The van der Waals surface area contributed by atoms with Crippen molar-refractivity contribution in [3.63, 3.8) is 0 Å². The molecule has 0 saturated carbocycles. The number of alkyl halides is 3. The molecule has 1 N–H and O–H groups in total. The van der Waals surface area contributed by atoms with Gasteiger partial charge in [0.15, 0.2) is 0 Å². The van der Waals surface area contributed by atoms with Gasteiger partial charge in [0.05, 0.1) is 12.2 Å². The number of hydrogen-bond donors (Lipinski definition) is 1. The van der Waals surface area contributed by atoms with Crippen LogP contribution in [-0.2, 0) is 23.9 Å². The minimum Gasteiger partial charge on any atom is -0.457 e. The van der Waals surface area contributed by atoms with Crippen molar-refractivity contribution >= 4 is 5.91 Å². The monoisotopic (exact) mass is 365 g/mol. The zero-order chi connectivity index (χ0) is 18.7. The Kier molecular flexibility index (Phi) is 5.18. The van der Waals surface area contributed by atoms with Crippen molar-refractivity contribution in [3.8, 4) is 11.5 Å². The van der Waals surface area contributed by atoms with Crippen LogP contribution in [0.5, 0.6) is 11.5 Å². The molecule has 2 aromatic rings. The largest absolute Gasteiger partial charge is 0.457 e. The van der Waals surface area contributed by atoms with Gasteiger partial charge in [-0.25, -0.2) is 0 Å². The summed E-state index contributed by atoms with van der Waals surface area (Å²) in [5.74, 6) is 0.703. The van der Waals surface area contributed by atoms with Crippen LogP contribution in [0.4, 0.5) is 13.2 Å². The molecule has 0 saturated heterocycles. The lowest BCUT2D eigenvalue weighted by atomic mass is 9.99. The number of fused-ring (bicyclic) bond motifs is 1. The van der Waals surface area contributed by atoms with Crippen LogP contribution in [0.3, 0.4) is 0 Å². The summed E-state index contributed by atoms with van der Waals surface area (Å²) in [5, 5.41) is 8.90. The van der Waals surface area contributed by atoms with Crippen molar-refractivity contribution in [2.45, 2.75) is 25.6 Å². The topological polar surface area (TPSA) is 49.8 Å². The highest BCUT2D eigenvalue weighted by molar-refractivity contribution is 5.76. The third-order valence-electron chi connectivity index (χ3n) is 4.29. The van der Waals surface area contributed by atoms with E-state index in [0.717, 1.165) is 23.3 Å². The van der Waals surface area contributed by atoms with Crippen molar-refractivity contribution in [2.24, 2.45) is 0 Å². The van der Waals surface area contributed by atoms with Crippen molar-refractivity contribution in [2.75, 3.05) is 13.2 Å². The summed E-state index contributed by atoms with van der Waals surface area (Å²) in [6, 6.07) is 9.97. The molecule has 1 heterocycles. The van der Waals surface area contributed by atoms with E-state index in [1.807, 2.05) is 6.07 Å². The van der Waals surface area contributed by atoms with Gasteiger partial charge in [0.1, 0.15) is 11.5 Å². The number of halogens is 3. The number of hydrogen-bond acceptors (Lipinski definition) is 3. The second-order valence-electron chi connectivity index (χ2n) is 6.09. The molecule has 7 heteroatoms. The highest BCUT2D eigenvalue weighted by Crippen LogP contribution is 2.32. The minimum absolute atomic E-state index is 0.0943. The van der Waals surface area contributed by atoms with E-state index in [1.54, 1.807) is 17.0 Å². The van der Waals surface area contributed by atoms with Gasteiger partial charge in [-0.3, -0.25) is 4.79 Å². The Morgan fingerprint density at radius 3 is 2.42 bits per heavy atom. The molecule has 0 unspecified atom stereocenters. The molecule has 0 radical (unpaired) electrons. The van der Waals surface area contributed by atoms with Crippen LogP contribution < -0.4 is 4.74 Å². The fourth-order valence-electron chi connectivity index (χ4n) is 2.91. The average molecular weight is 365 g/mol. The molecule has 3 rings (SSSR count). The van der Waals surface area contributed by atoms with Gasteiger partial charge < -0.3 is 14.7 Å². The Morgan fingerprint density at radius 2 is 1.77 bits per heavy atom. The molecule has 0 aromatic heterocycles. The first-order chi connectivity index (χ1) is 12.4. The van der Waals surface area contributed by atoms with Crippen LogP contribution in [0.2, 0.25) is 0 Å². The van der Waals surface area contributed by atoms with E-state index in [1.165, 1.54) is 12.1 Å². The van der Waals surface area contributed by atoms with E-state index in [2.05, 4.69) is 0 Å². The zero-order valence-electron chi connectivity index (χ0n) is 13.9. The summed E-state index contributed by atoms with van der Waals surface area (Å²) in [6.45, 7) is 0.850. The zero-order valence-corrected chi connectivity index (χ0v) is 13.9. The Morgan fingerprint density at radius 1 is 1.08 bits per heavy atom. The number of carbonyl (C=O) groups excluding carboxylic acids is 1. The van der Waals surface area contributed by atoms with Gasteiger partial charge >= 0.3 is 6.18 Å². The Bertz CT molecular complexity index is 788. The van der Waals surface area contributed by atoms with E-state index < -0.39 is 11.7 Å². The van der Waals surface area contributed by atoms with Crippen LogP contribution in [0.1, 0.15) is 23.1 Å². The van der Waals surface area contributed by atoms with Crippen LogP contribution in [0.25, 0.3) is 0 Å². The molecule has 4 nitrogen and oxygen atoms in total. The maximum absolute atomic E-state index is 12.6. The average Bonchev–Trinajstić information content (AvgIpc) is 2.61. The Labute approximate surface area is 148 Å². The van der Waals surface area contributed by atoms with Gasteiger partial charge in [-0.1, -0.05) is 6.07 Å². The van der Waals surface area contributed by atoms with E-state index >= 15 is 0 Å². The number of ether oxygens (including phenoxy) is 1. The molecule has 1 aliphatic rings. The highest BCUT2D eigenvalue weighted by atomic mass is 19.4. The minimum atomic E-state index is -4.38. The van der Waals surface area contributed by atoms with Gasteiger partial charge in [-0.2, -0.15) is 13.2 Å². The number of rotatable bonds is 4. The lowest BCUT2D eigenvalue weighted by Gasteiger charge is -2.29. The number of benzene rings is 2. The van der Waals surface area contributed by atoms with E-state index in [-0.39, 0.29) is 18.9 Å². The summed E-state index contributed by atoms with van der Waals surface area (Å²) in [6.07, 6.45) is -3.57. The summed E-state index contributed by atoms with van der Waals surface area (Å²) >= 11 is 0. The normalized spacial score (nSPS) is 14.1. The van der Waals surface area contributed by atoms with Crippen molar-refractivity contribution in [1.29, 1.82) is 0 Å². The SMILES string of the molecule is O=C(CCO)N1CCc2ccc(Oc3ccc(C(F)(F)F)cc3)cc2C1. The van der Waals surface area contributed by atoms with Gasteiger partial charge in [-0.15, -0.1) is 0 Å². The molecule has 1 aliphatic heterocycles. The van der Waals surface area contributed by atoms with Crippen molar-refractivity contribution < 1.29 is 27.8 Å². The second kappa shape index (κ2) is 7.37. The predicted molar refractivity (Wildman–Crippen MR) is 88.8 cm³/mol. The molecule has 1 amide bonds. The number of aliphatic hydroxyl groups is 1. The highest BCUT2D eigenvalue weighted by Gasteiger charge is 2.30. The number of amides is 1. The molecule has 0 aliphatic carbocycles. The van der Waals surface area contributed by atoms with Gasteiger partial charge in [-0.05, 0) is 53.9 Å². The maximum Gasteiger partial charge on any atom is 0.416 e. The number of aliphatic hydroxyl groups excluding tert-OH is 1. The summed E-state index contributed by atoms with van der Waals surface area (Å²) in [5.41, 5.74) is 1.32. The third kappa shape index (κ3) is 4.16. The first-order valence-corrected chi connectivity index (χ1v) is 8.22. The quantitative estimate of drug-likeness (QED) is 0.898. The lowest BCUT2D eigenvalue weighted by molar-refractivity contribution is -0.137. The van der Waals surface area contributed by atoms with Crippen molar-refractivity contribution in [1.82, 2.24) is 4.90 Å².